The second-order valence-corrected chi connectivity index (χ2v) is 8.74. The molecule has 2 heterocycles. The summed E-state index contributed by atoms with van der Waals surface area (Å²) in [5, 5.41) is 13.4. The number of rotatable bonds is 4. The van der Waals surface area contributed by atoms with E-state index < -0.39 is 17.7 Å². The van der Waals surface area contributed by atoms with Crippen LogP contribution in [0.2, 0.25) is 10.0 Å². The van der Waals surface area contributed by atoms with Crippen molar-refractivity contribution in [3.05, 3.63) is 106 Å². The van der Waals surface area contributed by atoms with E-state index in [2.05, 4.69) is 4.98 Å². The number of carbonyl (C=O) groups excluding carboxylic acids is 2. The van der Waals surface area contributed by atoms with Crippen molar-refractivity contribution in [2.24, 2.45) is 0 Å². The van der Waals surface area contributed by atoms with E-state index in [1.165, 1.54) is 24.1 Å². The average molecular weight is 505 g/mol. The van der Waals surface area contributed by atoms with Gasteiger partial charge in [-0.25, -0.2) is 0 Å². The van der Waals surface area contributed by atoms with Crippen molar-refractivity contribution in [1.82, 2.24) is 4.98 Å². The van der Waals surface area contributed by atoms with E-state index in [1.807, 2.05) is 36.4 Å². The fourth-order valence-electron chi connectivity index (χ4n) is 4.41. The summed E-state index contributed by atoms with van der Waals surface area (Å²) in [6.45, 7) is 0. The van der Waals surface area contributed by atoms with Gasteiger partial charge in [0.25, 0.3) is 11.7 Å². The third kappa shape index (κ3) is 3.81. The maximum absolute atomic E-state index is 13.5. The standard InChI is InChI=1S/C27H18Cl2N2O4/c1-35-26-19(28)13-17(14-20(26)29)24(32)22-23(16-9-11-30-12-10-16)31(27(34)25(22)33)21-8-4-6-15-5-2-3-7-18(15)21/h2-14,23,32H,1H3/b24-22+. The van der Waals surface area contributed by atoms with Crippen LogP contribution in [0.4, 0.5) is 5.69 Å². The Hall–Kier alpha value is -3.87. The predicted molar refractivity (Wildman–Crippen MR) is 136 cm³/mol. The number of methoxy groups -OCH3 is 1. The molecular weight excluding hydrogens is 487 g/mol. The van der Waals surface area contributed by atoms with Gasteiger partial charge in [0.1, 0.15) is 5.76 Å². The zero-order chi connectivity index (χ0) is 24.7. The first-order valence-electron chi connectivity index (χ1n) is 10.6. The Balaban J connectivity index is 1.77. The lowest BCUT2D eigenvalue weighted by atomic mass is 9.95. The second kappa shape index (κ2) is 9.06. The number of pyridine rings is 1. The molecule has 5 rings (SSSR count). The molecule has 3 aromatic carbocycles. The molecule has 1 atom stereocenters. The Bertz CT molecular complexity index is 1490. The summed E-state index contributed by atoms with van der Waals surface area (Å²) in [6.07, 6.45) is 3.14. The summed E-state index contributed by atoms with van der Waals surface area (Å²) in [4.78, 5) is 32.3. The van der Waals surface area contributed by atoms with E-state index in [1.54, 1.807) is 30.6 Å². The van der Waals surface area contributed by atoms with Crippen molar-refractivity contribution in [2.75, 3.05) is 12.0 Å². The quantitative estimate of drug-likeness (QED) is 0.204. The number of aliphatic hydroxyl groups excluding tert-OH is 1. The Labute approximate surface area is 211 Å². The second-order valence-electron chi connectivity index (χ2n) is 7.92. The number of amides is 1. The fourth-order valence-corrected chi connectivity index (χ4v) is 5.05. The Morgan fingerprint density at radius 2 is 1.63 bits per heavy atom. The molecular formula is C27H18Cl2N2O4. The lowest BCUT2D eigenvalue weighted by Crippen LogP contribution is -2.29. The molecule has 1 aromatic heterocycles. The maximum atomic E-state index is 13.5. The van der Waals surface area contributed by atoms with Crippen LogP contribution in [-0.2, 0) is 9.59 Å². The molecule has 1 saturated heterocycles. The number of benzene rings is 3. The number of Topliss-reactive ketones (excluding diaryl/α,β-unsaturated/α-hetero) is 1. The number of aromatic nitrogens is 1. The molecule has 1 fully saturated rings. The highest BCUT2D eigenvalue weighted by Gasteiger charge is 2.47. The van der Waals surface area contributed by atoms with E-state index in [9.17, 15) is 14.7 Å². The predicted octanol–water partition coefficient (Wildman–Crippen LogP) is 6.18. The molecule has 0 aliphatic carbocycles. The number of nitrogens with zero attached hydrogens (tertiary/aromatic N) is 2. The number of anilines is 1. The van der Waals surface area contributed by atoms with E-state index in [-0.39, 0.29) is 32.7 Å². The third-order valence-electron chi connectivity index (χ3n) is 5.97. The van der Waals surface area contributed by atoms with Gasteiger partial charge in [0.15, 0.2) is 5.75 Å². The first kappa shape index (κ1) is 22.9. The molecule has 0 saturated carbocycles. The van der Waals surface area contributed by atoms with Crippen LogP contribution in [0.15, 0.2) is 84.7 Å². The number of ether oxygens (including phenoxy) is 1. The van der Waals surface area contributed by atoms with Crippen LogP contribution < -0.4 is 9.64 Å². The molecule has 0 radical (unpaired) electrons. The van der Waals surface area contributed by atoms with E-state index in [4.69, 9.17) is 27.9 Å². The SMILES string of the molecule is COc1c(Cl)cc(/C(O)=C2\C(=O)C(=O)N(c3cccc4ccccc34)C2c2ccncc2)cc1Cl. The highest BCUT2D eigenvalue weighted by molar-refractivity contribution is 6.52. The minimum absolute atomic E-state index is 0.0774. The van der Waals surface area contributed by atoms with E-state index in [0.717, 1.165) is 10.8 Å². The minimum Gasteiger partial charge on any atom is -0.507 e. The molecule has 0 spiro atoms. The number of aliphatic hydroxyl groups is 1. The molecule has 6 nitrogen and oxygen atoms in total. The van der Waals surface area contributed by atoms with Crippen molar-refractivity contribution in [3.63, 3.8) is 0 Å². The van der Waals surface area contributed by atoms with Gasteiger partial charge in [-0.1, -0.05) is 59.6 Å². The topological polar surface area (TPSA) is 79.7 Å². The largest absolute Gasteiger partial charge is 0.507 e. The third-order valence-corrected chi connectivity index (χ3v) is 6.53. The number of carbonyl (C=O) groups is 2. The molecule has 174 valence electrons. The molecule has 1 unspecified atom stereocenters. The summed E-state index contributed by atoms with van der Waals surface area (Å²) in [5.74, 6) is -1.72. The Morgan fingerprint density at radius 1 is 0.971 bits per heavy atom. The summed E-state index contributed by atoms with van der Waals surface area (Å²) in [6, 6.07) is 18.5. The van der Waals surface area contributed by atoms with Crippen molar-refractivity contribution >= 4 is 57.1 Å². The minimum atomic E-state index is -0.900. The number of halogens is 2. The van der Waals surface area contributed by atoms with Crippen LogP contribution in [0, 0.1) is 0 Å². The van der Waals surface area contributed by atoms with Gasteiger partial charge in [-0.3, -0.25) is 19.5 Å². The molecule has 0 bridgehead atoms. The van der Waals surface area contributed by atoms with Crippen LogP contribution in [0.5, 0.6) is 5.75 Å². The van der Waals surface area contributed by atoms with Gasteiger partial charge in [-0.05, 0) is 41.3 Å². The smallest absolute Gasteiger partial charge is 0.300 e. The van der Waals surface area contributed by atoms with Gasteiger partial charge in [-0.2, -0.15) is 0 Å². The monoisotopic (exact) mass is 504 g/mol. The number of fused-ring (bicyclic) bond motifs is 1. The van der Waals surface area contributed by atoms with Crippen LogP contribution in [0.1, 0.15) is 17.2 Å². The number of hydrogen-bond donors (Lipinski definition) is 1. The summed E-state index contributed by atoms with van der Waals surface area (Å²) in [5.41, 5.74) is 1.28. The summed E-state index contributed by atoms with van der Waals surface area (Å²) in [7, 11) is 1.42. The highest BCUT2D eigenvalue weighted by Crippen LogP contribution is 2.45. The molecule has 1 aliphatic rings. The van der Waals surface area contributed by atoms with Gasteiger partial charge < -0.3 is 9.84 Å². The van der Waals surface area contributed by atoms with Crippen LogP contribution >= 0.6 is 23.2 Å². The molecule has 35 heavy (non-hydrogen) atoms. The van der Waals surface area contributed by atoms with Gasteiger partial charge in [0, 0.05) is 23.3 Å². The van der Waals surface area contributed by atoms with Crippen LogP contribution in [0.3, 0.4) is 0 Å². The van der Waals surface area contributed by atoms with Gasteiger partial charge in [0.05, 0.1) is 34.5 Å². The molecule has 1 N–H and O–H groups in total. The zero-order valence-corrected chi connectivity index (χ0v) is 19.9. The Kier molecular flexibility index (Phi) is 5.93. The van der Waals surface area contributed by atoms with Gasteiger partial charge in [0.2, 0.25) is 0 Å². The van der Waals surface area contributed by atoms with Crippen LogP contribution in [-0.4, -0.2) is 28.9 Å². The molecule has 1 amide bonds. The van der Waals surface area contributed by atoms with Crippen molar-refractivity contribution < 1.29 is 19.4 Å². The number of ketones is 1. The molecule has 8 heteroatoms. The lowest BCUT2D eigenvalue weighted by molar-refractivity contribution is -0.132. The average Bonchev–Trinajstić information content (AvgIpc) is 3.13. The zero-order valence-electron chi connectivity index (χ0n) is 18.4. The number of hydrogen-bond acceptors (Lipinski definition) is 5. The first-order chi connectivity index (χ1) is 16.9. The first-order valence-corrected chi connectivity index (χ1v) is 11.4. The normalized spacial score (nSPS) is 17.2. The molecule has 1 aliphatic heterocycles. The highest BCUT2D eigenvalue weighted by atomic mass is 35.5. The van der Waals surface area contributed by atoms with Crippen molar-refractivity contribution in [3.8, 4) is 5.75 Å². The van der Waals surface area contributed by atoms with E-state index >= 15 is 0 Å². The lowest BCUT2D eigenvalue weighted by Gasteiger charge is -2.26. The van der Waals surface area contributed by atoms with Crippen molar-refractivity contribution in [2.45, 2.75) is 6.04 Å². The van der Waals surface area contributed by atoms with Crippen LogP contribution in [0.25, 0.3) is 16.5 Å². The van der Waals surface area contributed by atoms with Gasteiger partial charge in [-0.15, -0.1) is 0 Å². The fraction of sp³-hybridized carbons (Fsp3) is 0.0741. The summed E-state index contributed by atoms with van der Waals surface area (Å²) >= 11 is 12.6. The van der Waals surface area contributed by atoms with Crippen molar-refractivity contribution in [1.29, 1.82) is 0 Å². The summed E-state index contributed by atoms with van der Waals surface area (Å²) < 4.78 is 5.18. The van der Waals surface area contributed by atoms with E-state index in [0.29, 0.717) is 11.3 Å². The van der Waals surface area contributed by atoms with Gasteiger partial charge >= 0.3 is 0 Å². The Morgan fingerprint density at radius 3 is 2.31 bits per heavy atom. The molecule has 4 aromatic rings. The maximum Gasteiger partial charge on any atom is 0.300 e.